The second-order valence-corrected chi connectivity index (χ2v) is 1.39. The maximum atomic E-state index is 8.02. The van der Waals surface area contributed by atoms with Crippen molar-refractivity contribution in [2.24, 2.45) is 5.92 Å². The normalized spacial score (nSPS) is 9.60. The first-order chi connectivity index (χ1) is 2.27. The molecule has 0 aliphatic rings. The van der Waals surface area contributed by atoms with Crippen molar-refractivity contribution >= 4 is 0 Å². The first-order valence-electron chi connectivity index (χ1n) is 1.75. The zero-order valence-corrected chi connectivity index (χ0v) is 3.60. The Bertz CT molecular complexity index is 17.6. The van der Waals surface area contributed by atoms with E-state index in [4.69, 9.17) is 5.11 Å². The highest BCUT2D eigenvalue weighted by molar-refractivity contribution is 4.48. The summed E-state index contributed by atoms with van der Waals surface area (Å²) in [4.78, 5) is 0. The molecular weight excluding hydrogens is 64.0 g/mol. The summed E-state index contributed by atoms with van der Waals surface area (Å²) in [6, 6.07) is 0. The third kappa shape index (κ3) is 3.96. The standard InChI is InChI=1S/C4H9O/c1-4(2)3-5/h3-5H,1-2H3/q-1. The summed E-state index contributed by atoms with van der Waals surface area (Å²) in [5.74, 6) is 0.315. The third-order valence-electron chi connectivity index (χ3n) is 0.298. The van der Waals surface area contributed by atoms with Crippen LogP contribution in [0.2, 0.25) is 0 Å². The van der Waals surface area contributed by atoms with E-state index < -0.39 is 0 Å². The molecule has 1 nitrogen and oxygen atoms in total. The maximum Gasteiger partial charge on any atom is -0.0883 e. The topological polar surface area (TPSA) is 20.2 Å². The summed E-state index contributed by atoms with van der Waals surface area (Å²) in [6.45, 7) is 5.00. The lowest BCUT2D eigenvalue weighted by molar-refractivity contribution is 0.337. The van der Waals surface area contributed by atoms with Crippen molar-refractivity contribution in [3.8, 4) is 0 Å². The van der Waals surface area contributed by atoms with E-state index in [1.54, 1.807) is 0 Å². The zero-order valence-electron chi connectivity index (χ0n) is 3.60. The SMILES string of the molecule is CC(C)[CH-]O. The van der Waals surface area contributed by atoms with E-state index in [9.17, 15) is 0 Å². The van der Waals surface area contributed by atoms with Crippen LogP contribution in [0.1, 0.15) is 13.8 Å². The molecule has 0 atom stereocenters. The van der Waals surface area contributed by atoms with Gasteiger partial charge in [0, 0.05) is 0 Å². The van der Waals surface area contributed by atoms with E-state index in [-0.39, 0.29) is 0 Å². The van der Waals surface area contributed by atoms with Gasteiger partial charge in [-0.1, -0.05) is 13.8 Å². The smallest absolute Gasteiger partial charge is 0.0883 e. The molecule has 0 heterocycles. The average Bonchev–Trinajstić information content (AvgIpc) is 1.38. The highest BCUT2D eigenvalue weighted by Gasteiger charge is 1.68. The Hall–Kier alpha value is -0.0400. The van der Waals surface area contributed by atoms with Crippen LogP contribution in [0.4, 0.5) is 0 Å². The number of hydrogen-bond donors (Lipinski definition) is 1. The van der Waals surface area contributed by atoms with Gasteiger partial charge >= 0.3 is 0 Å². The molecule has 32 valence electrons. The predicted molar refractivity (Wildman–Crippen MR) is 21.1 cm³/mol. The molecule has 0 saturated heterocycles. The Morgan fingerprint density at radius 3 is 1.80 bits per heavy atom. The van der Waals surface area contributed by atoms with E-state index in [1.807, 2.05) is 13.8 Å². The van der Waals surface area contributed by atoms with E-state index in [2.05, 4.69) is 0 Å². The monoisotopic (exact) mass is 73.1 g/mol. The van der Waals surface area contributed by atoms with Gasteiger partial charge in [-0.3, -0.25) is 0 Å². The van der Waals surface area contributed by atoms with Crippen molar-refractivity contribution in [1.82, 2.24) is 0 Å². The van der Waals surface area contributed by atoms with Crippen molar-refractivity contribution in [2.45, 2.75) is 13.8 Å². The van der Waals surface area contributed by atoms with Crippen LogP contribution in [0.3, 0.4) is 0 Å². The van der Waals surface area contributed by atoms with Crippen LogP contribution in [0.5, 0.6) is 0 Å². The van der Waals surface area contributed by atoms with Crippen LogP contribution >= 0.6 is 0 Å². The minimum Gasteiger partial charge on any atom is -0.566 e. The summed E-state index contributed by atoms with van der Waals surface area (Å²) in [7, 11) is 0. The van der Waals surface area contributed by atoms with Crippen LogP contribution < -0.4 is 0 Å². The van der Waals surface area contributed by atoms with Crippen LogP contribution in [0.15, 0.2) is 0 Å². The second-order valence-electron chi connectivity index (χ2n) is 1.39. The zero-order chi connectivity index (χ0) is 4.28. The molecular formula is C4H9O-. The van der Waals surface area contributed by atoms with E-state index >= 15 is 0 Å². The van der Waals surface area contributed by atoms with Crippen LogP contribution in [-0.2, 0) is 0 Å². The molecule has 0 aromatic rings. The molecule has 1 N–H and O–H groups in total. The van der Waals surface area contributed by atoms with Crippen molar-refractivity contribution in [2.75, 3.05) is 0 Å². The predicted octanol–water partition coefficient (Wildman–Crippen LogP) is 1.18. The Morgan fingerprint density at radius 1 is 1.60 bits per heavy atom. The fourth-order valence-corrected chi connectivity index (χ4v) is 0. The number of aliphatic hydroxyl groups is 1. The summed E-state index contributed by atoms with van der Waals surface area (Å²) in [5, 5.41) is 8.02. The molecule has 0 aromatic heterocycles. The molecule has 0 aromatic carbocycles. The van der Waals surface area contributed by atoms with Gasteiger partial charge in [0.2, 0.25) is 0 Å². The van der Waals surface area contributed by atoms with Crippen LogP contribution in [-0.4, -0.2) is 5.11 Å². The van der Waals surface area contributed by atoms with Gasteiger partial charge in [0.15, 0.2) is 0 Å². The molecule has 0 saturated carbocycles. The fraction of sp³-hybridized carbons (Fsp3) is 0.750. The highest BCUT2D eigenvalue weighted by atomic mass is 16.3. The van der Waals surface area contributed by atoms with Gasteiger partial charge in [0.25, 0.3) is 0 Å². The molecule has 5 heavy (non-hydrogen) atoms. The Morgan fingerprint density at radius 2 is 1.80 bits per heavy atom. The third-order valence-corrected chi connectivity index (χ3v) is 0.298. The lowest BCUT2D eigenvalue weighted by Gasteiger charge is -2.04. The van der Waals surface area contributed by atoms with E-state index in [0.29, 0.717) is 5.92 Å². The Kier molecular flexibility index (Phi) is 2.19. The van der Waals surface area contributed by atoms with Gasteiger partial charge in [-0.25, -0.2) is 6.61 Å². The summed E-state index contributed by atoms with van der Waals surface area (Å²) in [5.41, 5.74) is 0. The average molecular weight is 73.1 g/mol. The summed E-state index contributed by atoms with van der Waals surface area (Å²) >= 11 is 0. The lowest BCUT2D eigenvalue weighted by Crippen LogP contribution is -1.82. The first kappa shape index (κ1) is 4.96. The molecule has 0 aliphatic heterocycles. The molecule has 0 amide bonds. The Labute approximate surface area is 32.6 Å². The van der Waals surface area contributed by atoms with Gasteiger partial charge in [-0.05, 0) is 0 Å². The van der Waals surface area contributed by atoms with Gasteiger partial charge in [0.1, 0.15) is 0 Å². The molecule has 0 bridgehead atoms. The van der Waals surface area contributed by atoms with Crippen molar-refractivity contribution in [3.63, 3.8) is 0 Å². The molecule has 0 spiro atoms. The summed E-state index contributed by atoms with van der Waals surface area (Å²) in [6.07, 6.45) is 0. The van der Waals surface area contributed by atoms with Crippen molar-refractivity contribution in [1.29, 1.82) is 0 Å². The molecule has 0 radical (unpaired) electrons. The molecule has 1 heteroatoms. The molecule has 0 fully saturated rings. The second kappa shape index (κ2) is 2.21. The maximum absolute atomic E-state index is 8.02. The minimum absolute atomic E-state index is 0.315. The molecule has 0 aliphatic carbocycles. The van der Waals surface area contributed by atoms with Gasteiger partial charge < -0.3 is 5.11 Å². The number of hydrogen-bond acceptors (Lipinski definition) is 1. The Balaban J connectivity index is 2.54. The van der Waals surface area contributed by atoms with Crippen molar-refractivity contribution in [3.05, 3.63) is 6.61 Å². The van der Waals surface area contributed by atoms with E-state index in [1.165, 1.54) is 6.61 Å². The van der Waals surface area contributed by atoms with Crippen LogP contribution in [0, 0.1) is 12.5 Å². The highest BCUT2D eigenvalue weighted by Crippen LogP contribution is 1.89. The quantitative estimate of drug-likeness (QED) is 0.462. The molecule has 0 unspecified atom stereocenters. The number of aliphatic hydroxyl groups excluding tert-OH is 1. The lowest BCUT2D eigenvalue weighted by atomic mass is 10.2. The number of rotatable bonds is 1. The fourth-order valence-electron chi connectivity index (χ4n) is 0. The van der Waals surface area contributed by atoms with Crippen LogP contribution in [0.25, 0.3) is 0 Å². The summed E-state index contributed by atoms with van der Waals surface area (Å²) < 4.78 is 0. The largest absolute Gasteiger partial charge is 0.566 e. The molecule has 0 rings (SSSR count). The first-order valence-corrected chi connectivity index (χ1v) is 1.75. The minimum atomic E-state index is 0.315. The van der Waals surface area contributed by atoms with Gasteiger partial charge in [-0.2, -0.15) is 5.92 Å². The van der Waals surface area contributed by atoms with Gasteiger partial charge in [0.05, 0.1) is 0 Å². The van der Waals surface area contributed by atoms with Gasteiger partial charge in [-0.15, -0.1) is 0 Å². The van der Waals surface area contributed by atoms with E-state index in [0.717, 1.165) is 0 Å². The van der Waals surface area contributed by atoms with Crippen molar-refractivity contribution < 1.29 is 5.11 Å².